The molecule has 0 bridgehead atoms. The largest absolute Gasteiger partial charge is 0.490 e. The molecule has 0 heterocycles. The summed E-state index contributed by atoms with van der Waals surface area (Å²) in [6.07, 6.45) is 1.92. The lowest BCUT2D eigenvalue weighted by molar-refractivity contribution is 0.295. The summed E-state index contributed by atoms with van der Waals surface area (Å²) in [6, 6.07) is 4.75. The molecule has 0 saturated carbocycles. The van der Waals surface area contributed by atoms with E-state index in [4.69, 9.17) is 16.3 Å². The molecule has 1 aromatic carbocycles. The zero-order chi connectivity index (χ0) is 10.4. The van der Waals surface area contributed by atoms with Gasteiger partial charge in [0.05, 0.1) is 11.6 Å². The van der Waals surface area contributed by atoms with Crippen molar-refractivity contribution in [3.05, 3.63) is 29.0 Å². The van der Waals surface area contributed by atoms with Gasteiger partial charge in [-0.05, 0) is 25.0 Å². The third-order valence-electron chi connectivity index (χ3n) is 1.70. The zero-order valence-corrected chi connectivity index (χ0v) is 9.94. The topological polar surface area (TPSA) is 9.23 Å². The average molecular weight is 282 g/mol. The van der Waals surface area contributed by atoms with Gasteiger partial charge in [0.25, 0.3) is 0 Å². The monoisotopic (exact) mass is 280 g/mol. The van der Waals surface area contributed by atoms with E-state index in [2.05, 4.69) is 15.9 Å². The first kappa shape index (κ1) is 11.8. The van der Waals surface area contributed by atoms with Gasteiger partial charge in [-0.25, -0.2) is 4.39 Å². The Morgan fingerprint density at radius 1 is 1.36 bits per heavy atom. The van der Waals surface area contributed by atoms with Gasteiger partial charge in [0.1, 0.15) is 0 Å². The van der Waals surface area contributed by atoms with Crippen LogP contribution in [0.5, 0.6) is 5.75 Å². The summed E-state index contributed by atoms with van der Waals surface area (Å²) in [5, 5.41) is 1.04. The molecule has 0 radical (unpaired) electrons. The number of halogens is 3. The predicted octanol–water partition coefficient (Wildman–Crippen LogP) is 4.03. The molecule has 14 heavy (non-hydrogen) atoms. The fraction of sp³-hybridized carbons (Fsp3) is 0.400. The van der Waals surface area contributed by atoms with Crippen molar-refractivity contribution in [3.8, 4) is 5.75 Å². The van der Waals surface area contributed by atoms with Gasteiger partial charge in [0, 0.05) is 5.33 Å². The number of rotatable bonds is 5. The van der Waals surface area contributed by atoms with Crippen molar-refractivity contribution in [2.24, 2.45) is 0 Å². The fourth-order valence-electron chi connectivity index (χ4n) is 0.974. The lowest BCUT2D eigenvalue weighted by Crippen LogP contribution is -1.99. The summed E-state index contributed by atoms with van der Waals surface area (Å²) in [7, 11) is 0. The molecule has 0 amide bonds. The Balaban J connectivity index is 2.46. The Hall–Kier alpha value is -0.280. The van der Waals surface area contributed by atoms with E-state index in [1.165, 1.54) is 6.07 Å². The maximum absolute atomic E-state index is 13.2. The third-order valence-corrected chi connectivity index (χ3v) is 2.55. The molecule has 1 nitrogen and oxygen atoms in total. The molecule has 1 aromatic rings. The van der Waals surface area contributed by atoms with Crippen molar-refractivity contribution in [1.82, 2.24) is 0 Å². The highest BCUT2D eigenvalue weighted by molar-refractivity contribution is 9.09. The van der Waals surface area contributed by atoms with Gasteiger partial charge < -0.3 is 4.74 Å². The van der Waals surface area contributed by atoms with E-state index in [1.54, 1.807) is 12.1 Å². The van der Waals surface area contributed by atoms with Crippen molar-refractivity contribution in [2.75, 3.05) is 11.9 Å². The lowest BCUT2D eigenvalue weighted by Gasteiger charge is -2.06. The summed E-state index contributed by atoms with van der Waals surface area (Å²) in [5.41, 5.74) is 0. The van der Waals surface area contributed by atoms with Crippen molar-refractivity contribution in [2.45, 2.75) is 12.8 Å². The molecule has 0 aliphatic carbocycles. The second-order valence-corrected chi connectivity index (χ2v) is 4.00. The van der Waals surface area contributed by atoms with Crippen LogP contribution in [0.2, 0.25) is 5.02 Å². The van der Waals surface area contributed by atoms with Crippen molar-refractivity contribution in [3.63, 3.8) is 0 Å². The lowest BCUT2D eigenvalue weighted by atomic mass is 10.3. The molecule has 0 unspecified atom stereocenters. The standard InChI is InChI=1S/C10H11BrClFO/c11-6-1-2-7-14-9-5-3-4-8(12)10(9)13/h3-5H,1-2,6-7H2. The van der Waals surface area contributed by atoms with Crippen LogP contribution >= 0.6 is 27.5 Å². The summed E-state index contributed by atoms with van der Waals surface area (Å²) in [6.45, 7) is 0.517. The molecule has 4 heteroatoms. The summed E-state index contributed by atoms with van der Waals surface area (Å²) < 4.78 is 18.5. The predicted molar refractivity (Wildman–Crippen MR) is 59.9 cm³/mol. The molecule has 0 spiro atoms. The zero-order valence-electron chi connectivity index (χ0n) is 7.60. The Kier molecular flexibility index (Phi) is 5.26. The minimum atomic E-state index is -0.479. The number of hydrogen-bond donors (Lipinski definition) is 0. The van der Waals surface area contributed by atoms with Gasteiger partial charge >= 0.3 is 0 Å². The minimum absolute atomic E-state index is 0.1000. The molecule has 0 fully saturated rings. The molecule has 78 valence electrons. The number of unbranched alkanes of at least 4 members (excludes halogenated alkanes) is 1. The molecule has 0 aliphatic rings. The third kappa shape index (κ3) is 3.46. The molecule has 1 rings (SSSR count). The maximum Gasteiger partial charge on any atom is 0.183 e. The smallest absolute Gasteiger partial charge is 0.183 e. The molecular formula is C10H11BrClFO. The summed E-state index contributed by atoms with van der Waals surface area (Å²) in [5.74, 6) is -0.250. The number of benzene rings is 1. The van der Waals surface area contributed by atoms with Gasteiger partial charge in [-0.1, -0.05) is 33.6 Å². The molecule has 0 N–H and O–H groups in total. The van der Waals surface area contributed by atoms with E-state index in [9.17, 15) is 4.39 Å². The van der Waals surface area contributed by atoms with Crippen LogP contribution in [0.4, 0.5) is 4.39 Å². The molecule has 0 aromatic heterocycles. The van der Waals surface area contributed by atoms with Gasteiger partial charge in [-0.3, -0.25) is 0 Å². The van der Waals surface area contributed by atoms with Crippen molar-refractivity contribution in [1.29, 1.82) is 0 Å². The van der Waals surface area contributed by atoms with E-state index in [0.29, 0.717) is 6.61 Å². The van der Waals surface area contributed by atoms with Crippen LogP contribution in [0.25, 0.3) is 0 Å². The van der Waals surface area contributed by atoms with Crippen LogP contribution in [0, 0.1) is 5.82 Å². The van der Waals surface area contributed by atoms with Gasteiger partial charge in [-0.2, -0.15) is 0 Å². The second kappa shape index (κ2) is 6.25. The van der Waals surface area contributed by atoms with E-state index in [-0.39, 0.29) is 10.8 Å². The summed E-state index contributed by atoms with van der Waals surface area (Å²) >= 11 is 8.90. The van der Waals surface area contributed by atoms with E-state index in [0.717, 1.165) is 18.2 Å². The first-order chi connectivity index (χ1) is 6.75. The Labute approximate surface area is 96.3 Å². The molecule has 0 aliphatic heterocycles. The Bertz CT molecular complexity index is 293. The summed E-state index contributed by atoms with van der Waals surface area (Å²) in [4.78, 5) is 0. The highest BCUT2D eigenvalue weighted by atomic mass is 79.9. The molecule has 0 atom stereocenters. The van der Waals surface area contributed by atoms with Crippen LogP contribution < -0.4 is 4.74 Å². The van der Waals surface area contributed by atoms with Gasteiger partial charge in [-0.15, -0.1) is 0 Å². The van der Waals surface area contributed by atoms with Crippen LogP contribution in [0.15, 0.2) is 18.2 Å². The first-order valence-corrected chi connectivity index (χ1v) is 5.88. The van der Waals surface area contributed by atoms with Crippen LogP contribution in [-0.4, -0.2) is 11.9 Å². The maximum atomic E-state index is 13.2. The second-order valence-electron chi connectivity index (χ2n) is 2.80. The van der Waals surface area contributed by atoms with E-state index in [1.807, 2.05) is 0 Å². The fourth-order valence-corrected chi connectivity index (χ4v) is 1.54. The Morgan fingerprint density at radius 2 is 2.14 bits per heavy atom. The van der Waals surface area contributed by atoms with Crippen LogP contribution in [0.3, 0.4) is 0 Å². The quantitative estimate of drug-likeness (QED) is 0.585. The molecular weight excluding hydrogens is 270 g/mol. The minimum Gasteiger partial charge on any atom is -0.490 e. The normalized spacial score (nSPS) is 10.2. The average Bonchev–Trinajstić information content (AvgIpc) is 2.19. The van der Waals surface area contributed by atoms with Gasteiger partial charge in [0.2, 0.25) is 0 Å². The number of alkyl halides is 1. The highest BCUT2D eigenvalue weighted by Gasteiger charge is 2.06. The molecule has 0 saturated heterocycles. The van der Waals surface area contributed by atoms with E-state index < -0.39 is 5.82 Å². The van der Waals surface area contributed by atoms with E-state index >= 15 is 0 Å². The SMILES string of the molecule is Fc1c(Cl)cccc1OCCCCBr. The Morgan fingerprint density at radius 3 is 2.86 bits per heavy atom. The number of hydrogen-bond acceptors (Lipinski definition) is 1. The van der Waals surface area contributed by atoms with Crippen molar-refractivity contribution < 1.29 is 9.13 Å². The van der Waals surface area contributed by atoms with Crippen LogP contribution in [0.1, 0.15) is 12.8 Å². The van der Waals surface area contributed by atoms with Crippen LogP contribution in [-0.2, 0) is 0 Å². The number of ether oxygens (including phenoxy) is 1. The van der Waals surface area contributed by atoms with Gasteiger partial charge in [0.15, 0.2) is 11.6 Å². The highest BCUT2D eigenvalue weighted by Crippen LogP contribution is 2.24. The van der Waals surface area contributed by atoms with Crippen molar-refractivity contribution >= 4 is 27.5 Å². The first-order valence-electron chi connectivity index (χ1n) is 4.38.